The van der Waals surface area contributed by atoms with E-state index in [1.54, 1.807) is 17.8 Å². The number of rotatable bonds is 6. The van der Waals surface area contributed by atoms with E-state index in [-0.39, 0.29) is 5.84 Å². The number of para-hydroxylation sites is 1. The highest BCUT2D eigenvalue weighted by atomic mass is 32.2. The Morgan fingerprint density at radius 3 is 2.47 bits per heavy atom. The standard InChI is InChI=1S/C15H16N2OS/c16-15(17)13-8-4-5-9-14(13)18-10-11-19-12-6-2-1-3-7-12/h1-9H,10-11H2,(H3,16,17). The smallest absolute Gasteiger partial charge is 0.130 e. The molecule has 3 N–H and O–H groups in total. The molecule has 0 unspecified atom stereocenters. The number of amidine groups is 1. The van der Waals surface area contributed by atoms with Crippen molar-refractivity contribution in [3.63, 3.8) is 0 Å². The highest BCUT2D eigenvalue weighted by Gasteiger charge is 2.05. The molecule has 0 aromatic heterocycles. The van der Waals surface area contributed by atoms with E-state index in [2.05, 4.69) is 12.1 Å². The second-order valence-corrected chi connectivity index (χ2v) is 5.09. The number of nitrogens with two attached hydrogens (primary N) is 1. The van der Waals surface area contributed by atoms with E-state index in [0.717, 1.165) is 5.75 Å². The summed E-state index contributed by atoms with van der Waals surface area (Å²) < 4.78 is 5.68. The second-order valence-electron chi connectivity index (χ2n) is 3.92. The third-order valence-electron chi connectivity index (χ3n) is 2.53. The fourth-order valence-electron chi connectivity index (χ4n) is 1.64. The fourth-order valence-corrected chi connectivity index (χ4v) is 2.39. The van der Waals surface area contributed by atoms with Crippen LogP contribution in [0.25, 0.3) is 0 Å². The molecule has 2 aromatic rings. The number of nitrogens with one attached hydrogen (secondary N) is 1. The van der Waals surface area contributed by atoms with Gasteiger partial charge in [0.25, 0.3) is 0 Å². The minimum absolute atomic E-state index is 0.0336. The van der Waals surface area contributed by atoms with E-state index in [9.17, 15) is 0 Å². The first-order chi connectivity index (χ1) is 9.27. The predicted molar refractivity (Wildman–Crippen MR) is 80.1 cm³/mol. The van der Waals surface area contributed by atoms with Gasteiger partial charge in [-0.3, -0.25) is 5.41 Å². The van der Waals surface area contributed by atoms with Crippen molar-refractivity contribution in [3.05, 3.63) is 60.2 Å². The first kappa shape index (κ1) is 13.5. The Labute approximate surface area is 117 Å². The van der Waals surface area contributed by atoms with E-state index in [4.69, 9.17) is 15.9 Å². The van der Waals surface area contributed by atoms with E-state index >= 15 is 0 Å². The monoisotopic (exact) mass is 272 g/mol. The molecule has 3 nitrogen and oxygen atoms in total. The van der Waals surface area contributed by atoms with E-state index < -0.39 is 0 Å². The molecule has 0 radical (unpaired) electrons. The normalized spacial score (nSPS) is 10.1. The maximum absolute atomic E-state index is 7.48. The maximum atomic E-state index is 7.48. The van der Waals surface area contributed by atoms with Gasteiger partial charge in [-0.25, -0.2) is 0 Å². The molecule has 2 aromatic carbocycles. The first-order valence-corrected chi connectivity index (χ1v) is 7.00. The van der Waals surface area contributed by atoms with Gasteiger partial charge < -0.3 is 10.5 Å². The number of ether oxygens (including phenoxy) is 1. The number of nitrogen functional groups attached to an aromatic ring is 1. The van der Waals surface area contributed by atoms with Crippen molar-refractivity contribution in [1.29, 1.82) is 5.41 Å². The molecular formula is C15H16N2OS. The molecule has 0 saturated heterocycles. The molecule has 0 spiro atoms. The predicted octanol–water partition coefficient (Wildman–Crippen LogP) is 3.14. The van der Waals surface area contributed by atoms with Crippen LogP contribution in [0.5, 0.6) is 5.75 Å². The third kappa shape index (κ3) is 4.03. The van der Waals surface area contributed by atoms with Crippen molar-refractivity contribution in [2.45, 2.75) is 4.90 Å². The Hall–Kier alpha value is -1.94. The van der Waals surface area contributed by atoms with Crippen LogP contribution in [0.3, 0.4) is 0 Å². The van der Waals surface area contributed by atoms with E-state index in [1.807, 2.05) is 36.4 Å². The molecule has 0 aliphatic rings. The zero-order chi connectivity index (χ0) is 13.5. The number of hydrogen-bond donors (Lipinski definition) is 2. The topological polar surface area (TPSA) is 59.1 Å². The molecule has 98 valence electrons. The first-order valence-electron chi connectivity index (χ1n) is 6.01. The molecule has 0 bridgehead atoms. The molecule has 0 fully saturated rings. The highest BCUT2D eigenvalue weighted by molar-refractivity contribution is 7.99. The zero-order valence-corrected chi connectivity index (χ0v) is 11.3. The van der Waals surface area contributed by atoms with Crippen LogP contribution in [0.15, 0.2) is 59.5 Å². The lowest BCUT2D eigenvalue weighted by Crippen LogP contribution is -2.13. The van der Waals surface area contributed by atoms with Gasteiger partial charge in [0.15, 0.2) is 0 Å². The van der Waals surface area contributed by atoms with Gasteiger partial charge in [-0.1, -0.05) is 30.3 Å². The lowest BCUT2D eigenvalue weighted by molar-refractivity contribution is 0.343. The Morgan fingerprint density at radius 1 is 1.05 bits per heavy atom. The number of hydrogen-bond acceptors (Lipinski definition) is 3. The van der Waals surface area contributed by atoms with E-state index in [1.165, 1.54) is 4.90 Å². The van der Waals surface area contributed by atoms with Crippen molar-refractivity contribution in [2.24, 2.45) is 5.73 Å². The van der Waals surface area contributed by atoms with Crippen LogP contribution in [0.1, 0.15) is 5.56 Å². The van der Waals surface area contributed by atoms with Gasteiger partial charge in [0.05, 0.1) is 12.2 Å². The van der Waals surface area contributed by atoms with Gasteiger partial charge in [-0.05, 0) is 24.3 Å². The van der Waals surface area contributed by atoms with Crippen LogP contribution in [0, 0.1) is 5.41 Å². The van der Waals surface area contributed by atoms with Gasteiger partial charge in [0.2, 0.25) is 0 Å². The molecule has 0 saturated carbocycles. The minimum atomic E-state index is 0.0336. The van der Waals surface area contributed by atoms with Crippen molar-refractivity contribution < 1.29 is 4.74 Å². The SMILES string of the molecule is N=C(N)c1ccccc1OCCSc1ccccc1. The Morgan fingerprint density at radius 2 is 1.74 bits per heavy atom. The lowest BCUT2D eigenvalue weighted by atomic mass is 10.2. The quantitative estimate of drug-likeness (QED) is 0.367. The molecule has 0 aliphatic heterocycles. The Balaban J connectivity index is 1.85. The summed E-state index contributed by atoms with van der Waals surface area (Å²) in [5.74, 6) is 1.56. The molecule has 0 atom stereocenters. The second kappa shape index (κ2) is 6.85. The lowest BCUT2D eigenvalue weighted by Gasteiger charge is -2.10. The fraction of sp³-hybridized carbons (Fsp3) is 0.133. The average molecular weight is 272 g/mol. The summed E-state index contributed by atoms with van der Waals surface area (Å²) in [4.78, 5) is 1.23. The van der Waals surface area contributed by atoms with Crippen molar-refractivity contribution in [3.8, 4) is 5.75 Å². The molecule has 0 heterocycles. The van der Waals surface area contributed by atoms with E-state index in [0.29, 0.717) is 17.9 Å². The zero-order valence-electron chi connectivity index (χ0n) is 10.5. The van der Waals surface area contributed by atoms with Crippen LogP contribution >= 0.6 is 11.8 Å². The summed E-state index contributed by atoms with van der Waals surface area (Å²) in [5.41, 5.74) is 6.15. The van der Waals surface area contributed by atoms with Crippen LogP contribution in [0.4, 0.5) is 0 Å². The average Bonchev–Trinajstić information content (AvgIpc) is 2.45. The summed E-state index contributed by atoms with van der Waals surface area (Å²) in [6.45, 7) is 0.587. The van der Waals surface area contributed by atoms with Crippen LogP contribution in [-0.2, 0) is 0 Å². The van der Waals surface area contributed by atoms with Gasteiger partial charge in [0, 0.05) is 10.6 Å². The van der Waals surface area contributed by atoms with Crippen molar-refractivity contribution >= 4 is 17.6 Å². The van der Waals surface area contributed by atoms with Crippen LogP contribution in [-0.4, -0.2) is 18.2 Å². The van der Waals surface area contributed by atoms with Crippen LogP contribution in [0.2, 0.25) is 0 Å². The summed E-state index contributed by atoms with van der Waals surface area (Å²) >= 11 is 1.74. The summed E-state index contributed by atoms with van der Waals surface area (Å²) in [6.07, 6.45) is 0. The van der Waals surface area contributed by atoms with Crippen LogP contribution < -0.4 is 10.5 Å². The van der Waals surface area contributed by atoms with Gasteiger partial charge in [0.1, 0.15) is 11.6 Å². The molecule has 4 heteroatoms. The van der Waals surface area contributed by atoms with Gasteiger partial charge >= 0.3 is 0 Å². The Kier molecular flexibility index (Phi) is 4.86. The molecule has 0 aliphatic carbocycles. The molecule has 0 amide bonds. The molecule has 2 rings (SSSR count). The number of thioether (sulfide) groups is 1. The largest absolute Gasteiger partial charge is 0.492 e. The maximum Gasteiger partial charge on any atom is 0.130 e. The third-order valence-corrected chi connectivity index (χ3v) is 3.51. The van der Waals surface area contributed by atoms with Gasteiger partial charge in [-0.2, -0.15) is 0 Å². The van der Waals surface area contributed by atoms with Crippen molar-refractivity contribution in [2.75, 3.05) is 12.4 Å². The Bertz CT molecular complexity index is 543. The number of benzene rings is 2. The molecular weight excluding hydrogens is 256 g/mol. The summed E-state index contributed by atoms with van der Waals surface area (Å²) in [7, 11) is 0. The summed E-state index contributed by atoms with van der Waals surface area (Å²) in [5, 5.41) is 7.48. The summed E-state index contributed by atoms with van der Waals surface area (Å²) in [6, 6.07) is 17.6. The van der Waals surface area contributed by atoms with Gasteiger partial charge in [-0.15, -0.1) is 11.8 Å². The molecule has 19 heavy (non-hydrogen) atoms. The minimum Gasteiger partial charge on any atom is -0.492 e. The highest BCUT2D eigenvalue weighted by Crippen LogP contribution is 2.19. The van der Waals surface area contributed by atoms with Crippen molar-refractivity contribution in [1.82, 2.24) is 0 Å².